The summed E-state index contributed by atoms with van der Waals surface area (Å²) in [6, 6.07) is 15.9. The lowest BCUT2D eigenvalue weighted by Gasteiger charge is -2.07. The molecule has 0 fully saturated rings. The minimum absolute atomic E-state index is 0.0836. The Kier molecular flexibility index (Phi) is 4.38. The van der Waals surface area contributed by atoms with E-state index in [1.807, 2.05) is 49.4 Å². The summed E-state index contributed by atoms with van der Waals surface area (Å²) in [6.45, 7) is 3.47. The van der Waals surface area contributed by atoms with Crippen LogP contribution in [0.25, 0.3) is 33.4 Å². The number of hydrogen-bond donors (Lipinski definition) is 1. The first-order valence-corrected chi connectivity index (χ1v) is 8.73. The standard InChI is InChI=1S/C21H18N4O2/c1-3-20-24-21(25-27-20)17-11-16-10-15(6-9-19(16)22-12-17)14-4-7-18(8-5-14)23-13(2)26/h4-12H,3H2,1-2H3,(H,23,26). The first-order chi connectivity index (χ1) is 13.1. The van der Waals surface area contributed by atoms with Gasteiger partial charge in [0.2, 0.25) is 17.6 Å². The predicted molar refractivity (Wildman–Crippen MR) is 104 cm³/mol. The molecule has 134 valence electrons. The summed E-state index contributed by atoms with van der Waals surface area (Å²) >= 11 is 0. The fraction of sp³-hybridized carbons (Fsp3) is 0.143. The molecule has 1 N–H and O–H groups in total. The minimum atomic E-state index is -0.0836. The van der Waals surface area contributed by atoms with Crippen molar-refractivity contribution in [1.82, 2.24) is 15.1 Å². The van der Waals surface area contributed by atoms with E-state index in [0.29, 0.717) is 18.1 Å². The Labute approximate surface area is 156 Å². The van der Waals surface area contributed by atoms with Crippen LogP contribution in [-0.4, -0.2) is 21.0 Å². The second-order valence-corrected chi connectivity index (χ2v) is 6.26. The van der Waals surface area contributed by atoms with Gasteiger partial charge in [0.25, 0.3) is 0 Å². The van der Waals surface area contributed by atoms with Crippen LogP contribution in [0.1, 0.15) is 19.7 Å². The molecule has 0 bridgehead atoms. The van der Waals surface area contributed by atoms with Gasteiger partial charge in [-0.25, -0.2) is 0 Å². The summed E-state index contributed by atoms with van der Waals surface area (Å²) in [5.74, 6) is 1.07. The molecule has 0 aliphatic rings. The summed E-state index contributed by atoms with van der Waals surface area (Å²) in [7, 11) is 0. The normalized spacial score (nSPS) is 10.9. The summed E-state index contributed by atoms with van der Waals surface area (Å²) < 4.78 is 5.19. The Morgan fingerprint density at radius 1 is 1.04 bits per heavy atom. The highest BCUT2D eigenvalue weighted by Gasteiger charge is 2.09. The third-order valence-corrected chi connectivity index (χ3v) is 4.25. The number of hydrogen-bond acceptors (Lipinski definition) is 5. The van der Waals surface area contributed by atoms with Crippen LogP contribution in [0.15, 0.2) is 59.3 Å². The van der Waals surface area contributed by atoms with E-state index in [9.17, 15) is 4.79 Å². The summed E-state index contributed by atoms with van der Waals surface area (Å²) in [4.78, 5) is 20.0. The highest BCUT2D eigenvalue weighted by atomic mass is 16.5. The third-order valence-electron chi connectivity index (χ3n) is 4.25. The van der Waals surface area contributed by atoms with Gasteiger partial charge in [0.05, 0.1) is 5.52 Å². The Bertz CT molecular complexity index is 1120. The molecular formula is C21H18N4O2. The van der Waals surface area contributed by atoms with Crippen LogP contribution < -0.4 is 5.32 Å². The Balaban J connectivity index is 1.69. The molecule has 27 heavy (non-hydrogen) atoms. The lowest BCUT2D eigenvalue weighted by molar-refractivity contribution is -0.114. The molecule has 0 spiro atoms. The maximum Gasteiger partial charge on any atom is 0.226 e. The minimum Gasteiger partial charge on any atom is -0.339 e. The van der Waals surface area contributed by atoms with Crippen molar-refractivity contribution in [3.05, 3.63) is 60.6 Å². The number of fused-ring (bicyclic) bond motifs is 1. The molecule has 0 saturated carbocycles. The van der Waals surface area contributed by atoms with Gasteiger partial charge in [-0.15, -0.1) is 0 Å². The van der Waals surface area contributed by atoms with Crippen molar-refractivity contribution in [3.63, 3.8) is 0 Å². The van der Waals surface area contributed by atoms with E-state index in [2.05, 4.69) is 26.5 Å². The molecule has 0 saturated heterocycles. The maximum atomic E-state index is 11.1. The number of nitrogens with zero attached hydrogens (tertiary/aromatic N) is 3. The van der Waals surface area contributed by atoms with Crippen molar-refractivity contribution in [1.29, 1.82) is 0 Å². The van der Waals surface area contributed by atoms with E-state index < -0.39 is 0 Å². The van der Waals surface area contributed by atoms with Gasteiger partial charge in [0.1, 0.15) is 0 Å². The number of aryl methyl sites for hydroxylation is 1. The smallest absolute Gasteiger partial charge is 0.226 e. The monoisotopic (exact) mass is 358 g/mol. The van der Waals surface area contributed by atoms with Crippen molar-refractivity contribution < 1.29 is 9.32 Å². The number of nitrogens with one attached hydrogen (secondary N) is 1. The molecule has 0 aliphatic carbocycles. The van der Waals surface area contributed by atoms with E-state index in [-0.39, 0.29) is 5.91 Å². The Morgan fingerprint density at radius 3 is 2.48 bits per heavy atom. The number of carbonyl (C=O) groups is 1. The van der Waals surface area contributed by atoms with Crippen LogP contribution in [0.5, 0.6) is 0 Å². The van der Waals surface area contributed by atoms with Gasteiger partial charge in [-0.3, -0.25) is 9.78 Å². The van der Waals surface area contributed by atoms with E-state index in [4.69, 9.17) is 4.52 Å². The number of amides is 1. The average molecular weight is 358 g/mol. The SMILES string of the molecule is CCc1nc(-c2cnc3ccc(-c4ccc(NC(C)=O)cc4)cc3c2)no1. The molecule has 4 rings (SSSR count). The molecule has 1 amide bonds. The van der Waals surface area contributed by atoms with Gasteiger partial charge >= 0.3 is 0 Å². The number of anilines is 1. The van der Waals surface area contributed by atoms with Gasteiger partial charge in [0, 0.05) is 36.2 Å². The molecular weight excluding hydrogens is 340 g/mol. The van der Waals surface area contributed by atoms with Gasteiger partial charge in [-0.05, 0) is 41.5 Å². The number of aromatic nitrogens is 3. The topological polar surface area (TPSA) is 80.9 Å². The van der Waals surface area contributed by atoms with Gasteiger partial charge < -0.3 is 9.84 Å². The molecule has 6 nitrogen and oxygen atoms in total. The average Bonchev–Trinajstić information content (AvgIpc) is 3.16. The van der Waals surface area contributed by atoms with Crippen LogP contribution in [0.2, 0.25) is 0 Å². The maximum absolute atomic E-state index is 11.1. The van der Waals surface area contributed by atoms with Gasteiger partial charge in [-0.2, -0.15) is 4.98 Å². The molecule has 2 heterocycles. The fourth-order valence-corrected chi connectivity index (χ4v) is 2.90. The molecule has 0 atom stereocenters. The molecule has 2 aromatic heterocycles. The van der Waals surface area contributed by atoms with Crippen LogP contribution in [0, 0.1) is 0 Å². The van der Waals surface area contributed by atoms with Crippen LogP contribution in [0.3, 0.4) is 0 Å². The zero-order chi connectivity index (χ0) is 18.8. The first-order valence-electron chi connectivity index (χ1n) is 8.73. The molecule has 0 unspecified atom stereocenters. The zero-order valence-electron chi connectivity index (χ0n) is 15.1. The molecule has 0 radical (unpaired) electrons. The van der Waals surface area contributed by atoms with E-state index in [1.54, 1.807) is 6.20 Å². The van der Waals surface area contributed by atoms with E-state index in [0.717, 1.165) is 33.3 Å². The van der Waals surface area contributed by atoms with Gasteiger partial charge in [-0.1, -0.05) is 30.3 Å². The van der Waals surface area contributed by atoms with Crippen molar-refractivity contribution in [2.24, 2.45) is 0 Å². The molecule has 2 aromatic carbocycles. The van der Waals surface area contributed by atoms with Crippen molar-refractivity contribution >= 4 is 22.5 Å². The highest BCUT2D eigenvalue weighted by Crippen LogP contribution is 2.27. The summed E-state index contributed by atoms with van der Waals surface area (Å²) in [5, 5.41) is 7.79. The molecule has 0 aliphatic heterocycles. The number of benzene rings is 2. The number of rotatable bonds is 4. The third kappa shape index (κ3) is 3.55. The van der Waals surface area contributed by atoms with Crippen LogP contribution in [-0.2, 0) is 11.2 Å². The van der Waals surface area contributed by atoms with Crippen LogP contribution >= 0.6 is 0 Å². The van der Waals surface area contributed by atoms with Crippen molar-refractivity contribution in [2.75, 3.05) is 5.32 Å². The lowest BCUT2D eigenvalue weighted by atomic mass is 10.0. The second-order valence-electron chi connectivity index (χ2n) is 6.26. The van der Waals surface area contributed by atoms with E-state index >= 15 is 0 Å². The largest absolute Gasteiger partial charge is 0.339 e. The summed E-state index contributed by atoms with van der Waals surface area (Å²) in [6.07, 6.45) is 2.46. The summed E-state index contributed by atoms with van der Waals surface area (Å²) in [5.41, 5.74) is 4.63. The quantitative estimate of drug-likeness (QED) is 0.582. The Hall–Kier alpha value is -3.54. The molecule has 4 aromatic rings. The van der Waals surface area contributed by atoms with E-state index in [1.165, 1.54) is 6.92 Å². The fourth-order valence-electron chi connectivity index (χ4n) is 2.90. The lowest BCUT2D eigenvalue weighted by Crippen LogP contribution is -2.05. The van der Waals surface area contributed by atoms with Gasteiger partial charge in [0.15, 0.2) is 0 Å². The Morgan fingerprint density at radius 2 is 1.78 bits per heavy atom. The zero-order valence-corrected chi connectivity index (χ0v) is 15.1. The predicted octanol–water partition coefficient (Wildman–Crippen LogP) is 4.47. The van der Waals surface area contributed by atoms with Crippen molar-refractivity contribution in [2.45, 2.75) is 20.3 Å². The van der Waals surface area contributed by atoms with Crippen LogP contribution in [0.4, 0.5) is 5.69 Å². The highest BCUT2D eigenvalue weighted by molar-refractivity contribution is 5.90. The second kappa shape index (κ2) is 6.99. The number of carbonyl (C=O) groups excluding carboxylic acids is 1. The molecule has 6 heteroatoms. The van der Waals surface area contributed by atoms with Crippen molar-refractivity contribution in [3.8, 4) is 22.5 Å². The first kappa shape index (κ1) is 16.9. The number of pyridine rings is 1.